The van der Waals surface area contributed by atoms with Crippen molar-refractivity contribution in [1.82, 2.24) is 15.1 Å². The molecule has 0 aliphatic heterocycles. The van der Waals surface area contributed by atoms with Gasteiger partial charge in [0.25, 0.3) is 0 Å². The molecule has 0 bridgehead atoms. The summed E-state index contributed by atoms with van der Waals surface area (Å²) < 4.78 is 6.65. The fourth-order valence-electron chi connectivity index (χ4n) is 1.35. The Kier molecular flexibility index (Phi) is 5.03. The van der Waals surface area contributed by atoms with E-state index < -0.39 is 0 Å². The van der Waals surface area contributed by atoms with Crippen LogP contribution in [0.2, 0.25) is 0 Å². The lowest BCUT2D eigenvalue weighted by Gasteiger charge is -2.07. The van der Waals surface area contributed by atoms with Crippen molar-refractivity contribution in [3.8, 4) is 0 Å². The molecule has 1 aromatic heterocycles. The molecule has 98 valence electrons. The number of hydrogen-bond acceptors (Lipinski definition) is 4. The summed E-state index contributed by atoms with van der Waals surface area (Å²) in [5.41, 5.74) is 2.15. The number of thiocarbonyl (C=S) groups is 1. The highest BCUT2D eigenvalue weighted by Gasteiger charge is 2.08. The van der Waals surface area contributed by atoms with Crippen LogP contribution in [0.15, 0.2) is 18.3 Å². The summed E-state index contributed by atoms with van der Waals surface area (Å²) in [4.78, 5) is 11.7. The summed E-state index contributed by atoms with van der Waals surface area (Å²) in [6.07, 6.45) is 1.85. The van der Waals surface area contributed by atoms with Crippen molar-refractivity contribution >= 4 is 23.2 Å². The summed E-state index contributed by atoms with van der Waals surface area (Å²) in [5, 5.41) is 7.22. The third-order valence-corrected chi connectivity index (χ3v) is 2.59. The average Bonchev–Trinajstić information content (AvgIpc) is 2.63. The molecule has 1 heterocycles. The standard InChI is InChI=1S/C12H17N3O2S/c1-8(2)12(16)17-6-5-13-11(18)10-7-15(4)14-9(10)3/h7H,1,5-6H2,2-4H3,(H,13,18). The van der Waals surface area contributed by atoms with Crippen molar-refractivity contribution in [2.45, 2.75) is 13.8 Å². The van der Waals surface area contributed by atoms with Gasteiger partial charge in [-0.05, 0) is 13.8 Å². The molecule has 0 unspecified atom stereocenters. The molecule has 5 nitrogen and oxygen atoms in total. The van der Waals surface area contributed by atoms with Gasteiger partial charge in [0.1, 0.15) is 11.6 Å². The van der Waals surface area contributed by atoms with E-state index in [-0.39, 0.29) is 12.6 Å². The number of nitrogens with one attached hydrogen (secondary N) is 1. The molecule has 0 saturated heterocycles. The molecular formula is C12H17N3O2S. The van der Waals surface area contributed by atoms with Crippen LogP contribution in [0, 0.1) is 6.92 Å². The van der Waals surface area contributed by atoms with Crippen LogP contribution < -0.4 is 5.32 Å². The molecule has 1 rings (SSSR count). The molecule has 18 heavy (non-hydrogen) atoms. The van der Waals surface area contributed by atoms with Crippen LogP contribution >= 0.6 is 12.2 Å². The molecule has 0 saturated carbocycles. The molecule has 0 spiro atoms. The van der Waals surface area contributed by atoms with Gasteiger partial charge in [-0.2, -0.15) is 5.10 Å². The molecule has 0 amide bonds. The van der Waals surface area contributed by atoms with Crippen LogP contribution in [0.4, 0.5) is 0 Å². The molecular weight excluding hydrogens is 250 g/mol. The SMILES string of the molecule is C=C(C)C(=O)OCCNC(=S)c1cn(C)nc1C. The van der Waals surface area contributed by atoms with Gasteiger partial charge in [0, 0.05) is 30.9 Å². The first-order valence-corrected chi connectivity index (χ1v) is 5.93. The van der Waals surface area contributed by atoms with Crippen LogP contribution in [-0.4, -0.2) is 33.9 Å². The van der Waals surface area contributed by atoms with Gasteiger partial charge in [0.15, 0.2) is 0 Å². The van der Waals surface area contributed by atoms with Crippen molar-refractivity contribution in [2.24, 2.45) is 7.05 Å². The van der Waals surface area contributed by atoms with E-state index in [4.69, 9.17) is 17.0 Å². The van der Waals surface area contributed by atoms with Gasteiger partial charge in [-0.1, -0.05) is 18.8 Å². The van der Waals surface area contributed by atoms with E-state index in [1.807, 2.05) is 20.2 Å². The maximum Gasteiger partial charge on any atom is 0.333 e. The van der Waals surface area contributed by atoms with Crippen LogP contribution in [0.3, 0.4) is 0 Å². The lowest BCUT2D eigenvalue weighted by atomic mass is 10.2. The zero-order valence-electron chi connectivity index (χ0n) is 10.8. The number of esters is 1. The molecule has 1 N–H and O–H groups in total. The van der Waals surface area contributed by atoms with E-state index in [2.05, 4.69) is 17.0 Å². The first-order chi connectivity index (χ1) is 8.41. The van der Waals surface area contributed by atoms with Gasteiger partial charge in [0.2, 0.25) is 0 Å². The minimum Gasteiger partial charge on any atom is -0.460 e. The quantitative estimate of drug-likeness (QED) is 0.375. The predicted molar refractivity (Wildman–Crippen MR) is 73.4 cm³/mol. The lowest BCUT2D eigenvalue weighted by Crippen LogP contribution is -2.27. The maximum atomic E-state index is 11.1. The molecule has 0 atom stereocenters. The van der Waals surface area contributed by atoms with Gasteiger partial charge >= 0.3 is 5.97 Å². The highest BCUT2D eigenvalue weighted by Crippen LogP contribution is 2.04. The number of aryl methyl sites for hydroxylation is 2. The summed E-state index contributed by atoms with van der Waals surface area (Å²) in [6.45, 7) is 7.72. The number of nitrogens with zero attached hydrogens (tertiary/aromatic N) is 2. The maximum absolute atomic E-state index is 11.1. The predicted octanol–water partition coefficient (Wildman–Crippen LogP) is 1.11. The van der Waals surface area contributed by atoms with Gasteiger partial charge in [-0.25, -0.2) is 4.79 Å². The minimum absolute atomic E-state index is 0.255. The fraction of sp³-hybridized carbons (Fsp3) is 0.417. The van der Waals surface area contributed by atoms with E-state index in [1.54, 1.807) is 11.6 Å². The minimum atomic E-state index is -0.389. The van der Waals surface area contributed by atoms with Gasteiger partial charge in [0.05, 0.1) is 5.69 Å². The summed E-state index contributed by atoms with van der Waals surface area (Å²) >= 11 is 5.23. The molecule has 6 heteroatoms. The Morgan fingerprint density at radius 1 is 1.67 bits per heavy atom. The van der Waals surface area contributed by atoms with Crippen molar-refractivity contribution in [3.05, 3.63) is 29.6 Å². The Morgan fingerprint density at radius 2 is 2.33 bits per heavy atom. The molecule has 0 fully saturated rings. The molecule has 0 aliphatic rings. The first-order valence-electron chi connectivity index (χ1n) is 5.53. The highest BCUT2D eigenvalue weighted by molar-refractivity contribution is 7.80. The number of rotatable bonds is 5. The number of ether oxygens (including phenoxy) is 1. The Labute approximate surface area is 112 Å². The van der Waals surface area contributed by atoms with Crippen LogP contribution in [0.25, 0.3) is 0 Å². The molecule has 0 aliphatic carbocycles. The van der Waals surface area contributed by atoms with Gasteiger partial charge < -0.3 is 10.1 Å². The number of aromatic nitrogens is 2. The monoisotopic (exact) mass is 267 g/mol. The number of hydrogen-bond donors (Lipinski definition) is 1. The summed E-state index contributed by atoms with van der Waals surface area (Å²) in [5.74, 6) is -0.389. The Hall–Kier alpha value is -1.69. The normalized spacial score (nSPS) is 9.94. The van der Waals surface area contributed by atoms with E-state index in [9.17, 15) is 4.79 Å². The Morgan fingerprint density at radius 3 is 2.83 bits per heavy atom. The third-order valence-electron chi connectivity index (χ3n) is 2.23. The van der Waals surface area contributed by atoms with E-state index >= 15 is 0 Å². The van der Waals surface area contributed by atoms with Crippen LogP contribution in [0.5, 0.6) is 0 Å². The molecule has 0 radical (unpaired) electrons. The van der Waals surface area contributed by atoms with Crippen molar-refractivity contribution in [3.63, 3.8) is 0 Å². The largest absolute Gasteiger partial charge is 0.460 e. The second kappa shape index (κ2) is 6.30. The average molecular weight is 267 g/mol. The van der Waals surface area contributed by atoms with Crippen molar-refractivity contribution < 1.29 is 9.53 Å². The second-order valence-corrected chi connectivity index (χ2v) is 4.38. The Bertz CT molecular complexity index is 480. The zero-order valence-corrected chi connectivity index (χ0v) is 11.6. The van der Waals surface area contributed by atoms with Crippen LogP contribution in [0.1, 0.15) is 18.2 Å². The summed E-state index contributed by atoms with van der Waals surface area (Å²) in [6, 6.07) is 0. The van der Waals surface area contributed by atoms with E-state index in [1.165, 1.54) is 0 Å². The van der Waals surface area contributed by atoms with Crippen molar-refractivity contribution in [1.29, 1.82) is 0 Å². The first kappa shape index (κ1) is 14.4. The van der Waals surface area contributed by atoms with E-state index in [0.717, 1.165) is 11.3 Å². The molecule has 0 aromatic carbocycles. The fourth-order valence-corrected chi connectivity index (χ4v) is 1.65. The van der Waals surface area contributed by atoms with Crippen LogP contribution in [-0.2, 0) is 16.6 Å². The molecule has 1 aromatic rings. The topological polar surface area (TPSA) is 56.1 Å². The van der Waals surface area contributed by atoms with E-state index in [0.29, 0.717) is 17.1 Å². The summed E-state index contributed by atoms with van der Waals surface area (Å²) in [7, 11) is 1.84. The lowest BCUT2D eigenvalue weighted by molar-refractivity contribution is -0.138. The van der Waals surface area contributed by atoms with Gasteiger partial charge in [-0.3, -0.25) is 4.68 Å². The smallest absolute Gasteiger partial charge is 0.333 e. The third kappa shape index (κ3) is 3.96. The van der Waals surface area contributed by atoms with Gasteiger partial charge in [-0.15, -0.1) is 0 Å². The number of carbonyl (C=O) groups excluding carboxylic acids is 1. The van der Waals surface area contributed by atoms with Crippen molar-refractivity contribution in [2.75, 3.05) is 13.2 Å². The second-order valence-electron chi connectivity index (χ2n) is 3.97. The zero-order chi connectivity index (χ0) is 13.7. The Balaban J connectivity index is 2.36. The number of carbonyl (C=O) groups is 1. The highest BCUT2D eigenvalue weighted by atomic mass is 32.1.